The summed E-state index contributed by atoms with van der Waals surface area (Å²) in [6.07, 6.45) is 5.52. The van der Waals surface area contributed by atoms with Crippen molar-refractivity contribution in [3.63, 3.8) is 0 Å². The second-order valence-corrected chi connectivity index (χ2v) is 6.63. The first-order chi connectivity index (χ1) is 11.5. The summed E-state index contributed by atoms with van der Waals surface area (Å²) in [6, 6.07) is 3.81. The third kappa shape index (κ3) is 3.42. The monoisotopic (exact) mass is 333 g/mol. The van der Waals surface area contributed by atoms with E-state index in [1.54, 1.807) is 24.5 Å². The Hall–Kier alpha value is -1.99. The van der Waals surface area contributed by atoms with Crippen LogP contribution in [0.25, 0.3) is 0 Å². The third-order valence-electron chi connectivity index (χ3n) is 5.22. The minimum Gasteiger partial charge on any atom is -0.479 e. The van der Waals surface area contributed by atoms with E-state index in [0.717, 1.165) is 12.8 Å². The van der Waals surface area contributed by atoms with Crippen LogP contribution in [0.1, 0.15) is 36.0 Å². The first-order valence-electron chi connectivity index (χ1n) is 8.39. The van der Waals surface area contributed by atoms with E-state index >= 15 is 0 Å². The van der Waals surface area contributed by atoms with Crippen LogP contribution in [0.2, 0.25) is 0 Å². The van der Waals surface area contributed by atoms with Gasteiger partial charge >= 0.3 is 5.97 Å². The van der Waals surface area contributed by atoms with Gasteiger partial charge in [-0.1, -0.05) is 0 Å². The molecule has 2 aliphatic rings. The SMILES string of the molecule is O=C(c1ccncc1)N1CCC(N2CCC(O)(C(=O)O)CC2)CC1. The molecule has 0 saturated carbocycles. The third-order valence-corrected chi connectivity index (χ3v) is 5.22. The Morgan fingerprint density at radius 3 is 2.21 bits per heavy atom. The standard InChI is InChI=1S/C17H23N3O4/c21-15(13-1-7-18-8-2-13)20-9-3-14(4-10-20)19-11-5-17(24,6-12-19)16(22)23/h1-2,7-8,14,24H,3-6,9-12H2,(H,22,23). The first-order valence-corrected chi connectivity index (χ1v) is 8.39. The number of aromatic nitrogens is 1. The summed E-state index contributed by atoms with van der Waals surface area (Å²) in [6.45, 7) is 2.58. The van der Waals surface area contributed by atoms with Crippen molar-refractivity contribution in [2.75, 3.05) is 26.2 Å². The van der Waals surface area contributed by atoms with Gasteiger partial charge in [-0.2, -0.15) is 0 Å². The van der Waals surface area contributed by atoms with Gasteiger partial charge in [0.25, 0.3) is 5.91 Å². The summed E-state index contributed by atoms with van der Waals surface area (Å²) < 4.78 is 0. The molecule has 2 aliphatic heterocycles. The van der Waals surface area contributed by atoms with Gasteiger partial charge < -0.3 is 20.0 Å². The summed E-state index contributed by atoms with van der Waals surface area (Å²) in [5, 5.41) is 19.1. The van der Waals surface area contributed by atoms with Crippen molar-refractivity contribution in [1.29, 1.82) is 0 Å². The normalized spacial score (nSPS) is 22.3. The number of nitrogens with zero attached hydrogens (tertiary/aromatic N) is 3. The maximum absolute atomic E-state index is 12.4. The number of carbonyl (C=O) groups excluding carboxylic acids is 1. The van der Waals surface area contributed by atoms with E-state index < -0.39 is 11.6 Å². The average molecular weight is 333 g/mol. The highest BCUT2D eigenvalue weighted by Gasteiger charge is 2.41. The minimum absolute atomic E-state index is 0.0368. The lowest BCUT2D eigenvalue weighted by Crippen LogP contribution is -2.54. The van der Waals surface area contributed by atoms with Crippen molar-refractivity contribution in [2.45, 2.75) is 37.3 Å². The number of hydrogen-bond donors (Lipinski definition) is 2. The van der Waals surface area contributed by atoms with Crippen LogP contribution in [0.3, 0.4) is 0 Å². The molecular weight excluding hydrogens is 310 g/mol. The largest absolute Gasteiger partial charge is 0.479 e. The van der Waals surface area contributed by atoms with E-state index in [0.29, 0.717) is 37.8 Å². The van der Waals surface area contributed by atoms with E-state index in [1.807, 2.05) is 4.90 Å². The van der Waals surface area contributed by atoms with Gasteiger partial charge in [0.1, 0.15) is 0 Å². The molecule has 3 rings (SSSR count). The molecule has 0 unspecified atom stereocenters. The van der Waals surface area contributed by atoms with E-state index in [9.17, 15) is 14.7 Å². The lowest BCUT2D eigenvalue weighted by Gasteiger charge is -2.43. The van der Waals surface area contributed by atoms with Gasteiger partial charge in [-0.3, -0.25) is 9.78 Å². The molecule has 7 nitrogen and oxygen atoms in total. The molecule has 0 atom stereocenters. The maximum atomic E-state index is 12.4. The Kier molecular flexibility index (Phi) is 4.82. The Labute approximate surface area is 140 Å². The fourth-order valence-electron chi connectivity index (χ4n) is 3.58. The van der Waals surface area contributed by atoms with Crippen molar-refractivity contribution in [3.8, 4) is 0 Å². The van der Waals surface area contributed by atoms with Gasteiger partial charge in [-0.05, 0) is 37.8 Å². The molecule has 0 bridgehead atoms. The van der Waals surface area contributed by atoms with Gasteiger partial charge in [0.15, 0.2) is 5.60 Å². The molecule has 24 heavy (non-hydrogen) atoms. The number of hydrogen-bond acceptors (Lipinski definition) is 5. The fourth-order valence-corrected chi connectivity index (χ4v) is 3.58. The van der Waals surface area contributed by atoms with Crippen LogP contribution in [-0.2, 0) is 4.79 Å². The van der Waals surface area contributed by atoms with Crippen molar-refractivity contribution in [1.82, 2.24) is 14.8 Å². The van der Waals surface area contributed by atoms with Crippen LogP contribution in [0, 0.1) is 0 Å². The zero-order valence-electron chi connectivity index (χ0n) is 13.6. The lowest BCUT2D eigenvalue weighted by atomic mass is 9.89. The van der Waals surface area contributed by atoms with E-state index in [4.69, 9.17) is 5.11 Å². The molecule has 0 spiro atoms. The number of amides is 1. The first kappa shape index (κ1) is 16.9. The summed E-state index contributed by atoms with van der Waals surface area (Å²) >= 11 is 0. The van der Waals surface area contributed by atoms with Gasteiger partial charge in [0.05, 0.1) is 0 Å². The zero-order chi connectivity index (χ0) is 17.2. The Bertz CT molecular complexity index is 591. The predicted molar refractivity (Wildman–Crippen MR) is 86.6 cm³/mol. The molecule has 1 amide bonds. The predicted octanol–water partition coefficient (Wildman–Crippen LogP) is 0.598. The summed E-state index contributed by atoms with van der Waals surface area (Å²) in [7, 11) is 0. The van der Waals surface area contributed by atoms with E-state index in [2.05, 4.69) is 9.88 Å². The molecule has 3 heterocycles. The van der Waals surface area contributed by atoms with E-state index in [1.165, 1.54) is 0 Å². The summed E-state index contributed by atoms with van der Waals surface area (Å²) in [5.74, 6) is -1.09. The van der Waals surface area contributed by atoms with Gasteiger partial charge in [0, 0.05) is 50.2 Å². The van der Waals surface area contributed by atoms with Gasteiger partial charge in [-0.15, -0.1) is 0 Å². The van der Waals surface area contributed by atoms with Crippen molar-refractivity contribution in [2.24, 2.45) is 0 Å². The Balaban J connectivity index is 1.51. The molecule has 0 aromatic carbocycles. The highest BCUT2D eigenvalue weighted by atomic mass is 16.4. The molecule has 0 radical (unpaired) electrons. The number of carboxylic acids is 1. The van der Waals surface area contributed by atoms with Gasteiger partial charge in [0.2, 0.25) is 0 Å². The van der Waals surface area contributed by atoms with Crippen molar-refractivity contribution in [3.05, 3.63) is 30.1 Å². The maximum Gasteiger partial charge on any atom is 0.335 e. The average Bonchev–Trinajstić information content (AvgIpc) is 2.62. The molecule has 7 heteroatoms. The van der Waals surface area contributed by atoms with Crippen LogP contribution in [0.4, 0.5) is 0 Å². The molecular formula is C17H23N3O4. The van der Waals surface area contributed by atoms with Crippen LogP contribution in [0.5, 0.6) is 0 Å². The molecule has 1 aromatic rings. The highest BCUT2D eigenvalue weighted by Crippen LogP contribution is 2.27. The number of pyridine rings is 1. The number of carboxylic acid groups (broad SMARTS) is 1. The number of aliphatic carboxylic acids is 1. The van der Waals surface area contributed by atoms with Crippen LogP contribution in [0.15, 0.2) is 24.5 Å². The second-order valence-electron chi connectivity index (χ2n) is 6.63. The highest BCUT2D eigenvalue weighted by molar-refractivity contribution is 5.94. The van der Waals surface area contributed by atoms with Crippen molar-refractivity contribution >= 4 is 11.9 Å². The minimum atomic E-state index is -1.57. The second kappa shape index (κ2) is 6.86. The van der Waals surface area contributed by atoms with Crippen LogP contribution in [-0.4, -0.2) is 74.7 Å². The number of likely N-dealkylation sites (tertiary alicyclic amines) is 2. The fraction of sp³-hybridized carbons (Fsp3) is 0.588. The number of carbonyl (C=O) groups is 2. The molecule has 2 fully saturated rings. The zero-order valence-corrected chi connectivity index (χ0v) is 13.6. The van der Waals surface area contributed by atoms with Gasteiger partial charge in [-0.25, -0.2) is 4.79 Å². The quantitative estimate of drug-likeness (QED) is 0.841. The lowest BCUT2D eigenvalue weighted by molar-refractivity contribution is -0.164. The molecule has 0 aliphatic carbocycles. The molecule has 1 aromatic heterocycles. The molecule has 130 valence electrons. The van der Waals surface area contributed by atoms with Crippen molar-refractivity contribution < 1.29 is 19.8 Å². The Morgan fingerprint density at radius 2 is 1.67 bits per heavy atom. The number of aliphatic hydroxyl groups is 1. The Morgan fingerprint density at radius 1 is 1.08 bits per heavy atom. The molecule has 2 saturated heterocycles. The van der Waals surface area contributed by atoms with E-state index in [-0.39, 0.29) is 18.7 Å². The number of rotatable bonds is 3. The summed E-state index contributed by atoms with van der Waals surface area (Å²) in [4.78, 5) is 31.6. The topological polar surface area (TPSA) is 94.0 Å². The molecule has 2 N–H and O–H groups in total. The summed E-state index contributed by atoms with van der Waals surface area (Å²) in [5.41, 5.74) is -0.915. The van der Waals surface area contributed by atoms with Crippen LogP contribution < -0.4 is 0 Å². The number of piperidine rings is 2. The van der Waals surface area contributed by atoms with Crippen LogP contribution >= 0.6 is 0 Å². The smallest absolute Gasteiger partial charge is 0.335 e.